The summed E-state index contributed by atoms with van der Waals surface area (Å²) in [6, 6.07) is 7.11. The summed E-state index contributed by atoms with van der Waals surface area (Å²) >= 11 is 6.08. The summed E-state index contributed by atoms with van der Waals surface area (Å²) < 4.78 is 5.16. The molecule has 0 spiro atoms. The number of nitrogens with zero attached hydrogens (tertiary/aromatic N) is 3. The molecule has 1 aliphatic rings. The largest absolute Gasteiger partial charge is 0.503 e. The summed E-state index contributed by atoms with van der Waals surface area (Å²) in [4.78, 5) is 26.3. The van der Waals surface area contributed by atoms with E-state index in [2.05, 4.69) is 19.9 Å². The number of aromatic hydroxyl groups is 1. The number of H-pyrrole nitrogens is 1. The Kier molecular flexibility index (Phi) is 5.02. The maximum Gasteiger partial charge on any atom is 0.255 e. The third-order valence-corrected chi connectivity index (χ3v) is 5.10. The number of hydrogen-bond acceptors (Lipinski definition) is 6. The van der Waals surface area contributed by atoms with E-state index >= 15 is 0 Å². The monoisotopic (exact) mass is 398 g/mol. The molecule has 1 aliphatic heterocycles. The van der Waals surface area contributed by atoms with Gasteiger partial charge in [-0.3, -0.25) is 14.7 Å². The van der Waals surface area contributed by atoms with Gasteiger partial charge in [-0.2, -0.15) is 0 Å². The van der Waals surface area contributed by atoms with Crippen LogP contribution in [0.5, 0.6) is 11.5 Å². The van der Waals surface area contributed by atoms with E-state index in [0.717, 1.165) is 23.4 Å². The lowest BCUT2D eigenvalue weighted by molar-refractivity contribution is 0.241. The van der Waals surface area contributed by atoms with Crippen molar-refractivity contribution >= 4 is 11.6 Å². The zero-order chi connectivity index (χ0) is 19.7. The highest BCUT2D eigenvalue weighted by Crippen LogP contribution is 2.35. The predicted octanol–water partition coefficient (Wildman–Crippen LogP) is 2.76. The molecule has 3 aromatic rings. The first-order valence-corrected chi connectivity index (χ1v) is 9.23. The van der Waals surface area contributed by atoms with Crippen molar-refractivity contribution in [3.63, 3.8) is 0 Å². The second-order valence-corrected chi connectivity index (χ2v) is 7.07. The molecule has 0 unspecified atom stereocenters. The number of aromatic nitrogens is 3. The van der Waals surface area contributed by atoms with Gasteiger partial charge in [-0.15, -0.1) is 0 Å². The van der Waals surface area contributed by atoms with E-state index in [1.807, 2.05) is 12.1 Å². The molecule has 0 saturated heterocycles. The molecule has 0 fully saturated rings. The number of nitrogens with one attached hydrogen (secondary N) is 1. The number of halogens is 1. The lowest BCUT2D eigenvalue weighted by atomic mass is 10.1. The van der Waals surface area contributed by atoms with Crippen molar-refractivity contribution in [1.82, 2.24) is 19.9 Å². The fourth-order valence-corrected chi connectivity index (χ4v) is 3.63. The summed E-state index contributed by atoms with van der Waals surface area (Å²) in [5.74, 6) is 0.831. The molecular weight excluding hydrogens is 380 g/mol. The van der Waals surface area contributed by atoms with Crippen LogP contribution in [0.2, 0.25) is 5.02 Å². The second-order valence-electron chi connectivity index (χ2n) is 6.66. The Bertz CT molecular complexity index is 1070. The number of benzene rings is 1. The average molecular weight is 399 g/mol. The van der Waals surface area contributed by atoms with E-state index in [4.69, 9.17) is 16.3 Å². The Hall–Kier alpha value is -2.90. The van der Waals surface area contributed by atoms with E-state index in [0.29, 0.717) is 36.6 Å². The van der Waals surface area contributed by atoms with Crippen LogP contribution in [0.1, 0.15) is 16.8 Å². The minimum atomic E-state index is -0.122. The molecule has 0 aliphatic carbocycles. The Morgan fingerprint density at radius 3 is 2.86 bits per heavy atom. The SMILES string of the molecule is COc1cc(CN2CCc3nc(-c4ccncc4)[nH]c(=O)c3C2)cc(Cl)c1O. The molecule has 1 aromatic carbocycles. The van der Waals surface area contributed by atoms with Crippen LogP contribution in [-0.2, 0) is 19.5 Å². The lowest BCUT2D eigenvalue weighted by Gasteiger charge is -2.28. The minimum Gasteiger partial charge on any atom is -0.503 e. The van der Waals surface area contributed by atoms with Gasteiger partial charge >= 0.3 is 0 Å². The van der Waals surface area contributed by atoms with Crippen LogP contribution in [-0.4, -0.2) is 38.6 Å². The van der Waals surface area contributed by atoms with E-state index in [9.17, 15) is 9.90 Å². The number of rotatable bonds is 4. The zero-order valence-electron chi connectivity index (χ0n) is 15.3. The fourth-order valence-electron chi connectivity index (χ4n) is 3.39. The van der Waals surface area contributed by atoms with Gasteiger partial charge in [0, 0.05) is 44.0 Å². The fraction of sp³-hybridized carbons (Fsp3) is 0.250. The quantitative estimate of drug-likeness (QED) is 0.702. The first-order chi connectivity index (χ1) is 13.5. The van der Waals surface area contributed by atoms with Crippen molar-refractivity contribution in [2.24, 2.45) is 0 Å². The predicted molar refractivity (Wildman–Crippen MR) is 106 cm³/mol. The van der Waals surface area contributed by atoms with Gasteiger partial charge in [0.1, 0.15) is 5.82 Å². The molecule has 4 rings (SSSR count). The van der Waals surface area contributed by atoms with Crippen molar-refractivity contribution in [2.45, 2.75) is 19.5 Å². The van der Waals surface area contributed by atoms with Crippen LogP contribution in [0, 0.1) is 0 Å². The van der Waals surface area contributed by atoms with Gasteiger partial charge in [0.15, 0.2) is 11.5 Å². The molecule has 0 atom stereocenters. The third kappa shape index (κ3) is 3.58. The summed E-state index contributed by atoms with van der Waals surface area (Å²) in [6.07, 6.45) is 4.03. The van der Waals surface area contributed by atoms with E-state index in [-0.39, 0.29) is 16.3 Å². The Labute approximate surface area is 166 Å². The van der Waals surface area contributed by atoms with E-state index in [1.54, 1.807) is 24.5 Å². The highest BCUT2D eigenvalue weighted by atomic mass is 35.5. The van der Waals surface area contributed by atoms with E-state index < -0.39 is 0 Å². The van der Waals surface area contributed by atoms with Gasteiger partial charge in [-0.1, -0.05) is 11.6 Å². The topological polar surface area (TPSA) is 91.3 Å². The van der Waals surface area contributed by atoms with Crippen LogP contribution in [0.15, 0.2) is 41.5 Å². The molecule has 144 valence electrons. The molecule has 0 amide bonds. The number of phenols is 1. The van der Waals surface area contributed by atoms with Gasteiger partial charge < -0.3 is 14.8 Å². The normalized spacial score (nSPS) is 13.9. The summed E-state index contributed by atoms with van der Waals surface area (Å²) in [6.45, 7) is 1.84. The van der Waals surface area contributed by atoms with Crippen molar-refractivity contribution in [1.29, 1.82) is 0 Å². The van der Waals surface area contributed by atoms with Crippen LogP contribution in [0.3, 0.4) is 0 Å². The van der Waals surface area contributed by atoms with Gasteiger partial charge in [-0.25, -0.2) is 4.98 Å². The summed E-state index contributed by atoms with van der Waals surface area (Å²) in [7, 11) is 1.48. The maximum atomic E-state index is 12.6. The first-order valence-electron chi connectivity index (χ1n) is 8.85. The van der Waals surface area contributed by atoms with Crippen molar-refractivity contribution in [2.75, 3.05) is 13.7 Å². The number of aromatic amines is 1. The number of pyridine rings is 1. The highest BCUT2D eigenvalue weighted by molar-refractivity contribution is 6.32. The number of hydrogen-bond donors (Lipinski definition) is 2. The van der Waals surface area contributed by atoms with Gasteiger partial charge in [0.25, 0.3) is 5.56 Å². The molecule has 0 saturated carbocycles. The summed E-state index contributed by atoms with van der Waals surface area (Å²) in [5, 5.41) is 10.1. The Balaban J connectivity index is 1.57. The van der Waals surface area contributed by atoms with E-state index in [1.165, 1.54) is 7.11 Å². The van der Waals surface area contributed by atoms with Gasteiger partial charge in [0.2, 0.25) is 0 Å². The van der Waals surface area contributed by atoms with Gasteiger partial charge in [0.05, 0.1) is 23.4 Å². The van der Waals surface area contributed by atoms with Crippen LogP contribution >= 0.6 is 11.6 Å². The second kappa shape index (κ2) is 7.61. The minimum absolute atomic E-state index is 0.0683. The Morgan fingerprint density at radius 1 is 1.32 bits per heavy atom. The van der Waals surface area contributed by atoms with Crippen molar-refractivity contribution in [3.8, 4) is 22.9 Å². The van der Waals surface area contributed by atoms with Gasteiger partial charge in [-0.05, 0) is 29.8 Å². The average Bonchev–Trinajstić information content (AvgIpc) is 2.71. The standard InChI is InChI=1S/C20H19ClN4O3/c1-28-17-9-12(8-15(21)18(17)26)10-25-7-4-16-14(11-25)20(27)24-19(23-16)13-2-5-22-6-3-13/h2-3,5-6,8-9,26H,4,7,10-11H2,1H3,(H,23,24,27). The maximum absolute atomic E-state index is 12.6. The Morgan fingerprint density at radius 2 is 2.11 bits per heavy atom. The molecule has 0 radical (unpaired) electrons. The highest BCUT2D eigenvalue weighted by Gasteiger charge is 2.22. The summed E-state index contributed by atoms with van der Waals surface area (Å²) in [5.41, 5.74) is 3.13. The first kappa shape index (κ1) is 18.5. The lowest BCUT2D eigenvalue weighted by Crippen LogP contribution is -2.35. The van der Waals surface area contributed by atoms with Crippen LogP contribution in [0.25, 0.3) is 11.4 Å². The molecule has 7 nitrogen and oxygen atoms in total. The molecule has 0 bridgehead atoms. The number of fused-ring (bicyclic) bond motifs is 1. The van der Waals surface area contributed by atoms with Crippen LogP contribution in [0.4, 0.5) is 0 Å². The smallest absolute Gasteiger partial charge is 0.255 e. The molecule has 8 heteroatoms. The third-order valence-electron chi connectivity index (χ3n) is 4.82. The molecular formula is C20H19ClN4O3. The molecule has 2 N–H and O–H groups in total. The van der Waals surface area contributed by atoms with Crippen molar-refractivity contribution in [3.05, 3.63) is 68.9 Å². The number of phenolic OH excluding ortho intramolecular Hbond substituents is 1. The van der Waals surface area contributed by atoms with Crippen LogP contribution < -0.4 is 10.3 Å². The van der Waals surface area contributed by atoms with Crippen molar-refractivity contribution < 1.29 is 9.84 Å². The molecule has 3 heterocycles. The number of methoxy groups -OCH3 is 1. The molecule has 2 aromatic heterocycles. The number of ether oxygens (including phenoxy) is 1. The zero-order valence-corrected chi connectivity index (χ0v) is 16.0. The molecule has 28 heavy (non-hydrogen) atoms.